The second-order valence-electron chi connectivity index (χ2n) is 8.34. The smallest absolute Gasteiger partial charge is 0.308 e. The van der Waals surface area contributed by atoms with Gasteiger partial charge in [-0.05, 0) is 56.1 Å². The zero-order chi connectivity index (χ0) is 24.5. The van der Waals surface area contributed by atoms with Crippen LogP contribution in [0.1, 0.15) is 57.3 Å². The molecular weight excluding hydrogens is 510 g/mol. The molecule has 1 saturated heterocycles. The first kappa shape index (κ1) is 27.0. The molecule has 10 heteroatoms. The predicted octanol–water partition coefficient (Wildman–Crippen LogP) is 3.42. The molecule has 2 atom stereocenters. The highest BCUT2D eigenvalue weighted by Gasteiger charge is 2.34. The zero-order valence-corrected chi connectivity index (χ0v) is 21.9. The Bertz CT molecular complexity index is 880. The van der Waals surface area contributed by atoms with Gasteiger partial charge in [-0.2, -0.15) is 0 Å². The lowest BCUT2D eigenvalue weighted by molar-refractivity contribution is -0.151. The number of hydrogen-bond acceptors (Lipinski definition) is 6. The first-order chi connectivity index (χ1) is 15.6. The van der Waals surface area contributed by atoms with Crippen LogP contribution in [0.5, 0.6) is 5.75 Å². The van der Waals surface area contributed by atoms with Crippen LogP contribution in [0.2, 0.25) is 0 Å². The highest BCUT2D eigenvalue weighted by molar-refractivity contribution is 9.10. The van der Waals surface area contributed by atoms with Gasteiger partial charge in [-0.15, -0.1) is 0 Å². The van der Waals surface area contributed by atoms with Crippen LogP contribution < -0.4 is 15.4 Å². The molecule has 1 aliphatic rings. The van der Waals surface area contributed by atoms with Gasteiger partial charge < -0.3 is 19.7 Å². The van der Waals surface area contributed by atoms with Crippen molar-refractivity contribution in [2.75, 3.05) is 19.7 Å². The van der Waals surface area contributed by atoms with E-state index in [9.17, 15) is 14.4 Å². The third kappa shape index (κ3) is 8.26. The van der Waals surface area contributed by atoms with Crippen molar-refractivity contribution in [3.63, 3.8) is 0 Å². The van der Waals surface area contributed by atoms with E-state index in [-0.39, 0.29) is 23.5 Å². The molecular formula is C23H32BrN3O5S. The minimum atomic E-state index is -0.854. The average Bonchev–Trinajstić information content (AvgIpc) is 2.75. The molecule has 182 valence electrons. The summed E-state index contributed by atoms with van der Waals surface area (Å²) in [6.45, 7) is 9.10. The number of thiocarbonyl (C=S) groups is 1. The van der Waals surface area contributed by atoms with Gasteiger partial charge in [-0.25, -0.2) is 0 Å². The quantitative estimate of drug-likeness (QED) is 0.365. The van der Waals surface area contributed by atoms with Gasteiger partial charge in [0.25, 0.3) is 5.91 Å². The van der Waals surface area contributed by atoms with E-state index in [4.69, 9.17) is 21.7 Å². The molecule has 33 heavy (non-hydrogen) atoms. The number of carbonyl (C=O) groups is 3. The number of halogens is 1. The Morgan fingerprint density at radius 1 is 1.33 bits per heavy atom. The van der Waals surface area contributed by atoms with Crippen molar-refractivity contribution >= 4 is 51.0 Å². The van der Waals surface area contributed by atoms with E-state index in [1.165, 1.54) is 0 Å². The lowest BCUT2D eigenvalue weighted by atomic mass is 10.1. The summed E-state index contributed by atoms with van der Waals surface area (Å²) in [5.74, 6) is -0.353. The molecule has 2 unspecified atom stereocenters. The fourth-order valence-corrected chi connectivity index (χ4v) is 3.79. The maximum atomic E-state index is 13.0. The highest BCUT2D eigenvalue weighted by atomic mass is 79.9. The topological polar surface area (TPSA) is 97.0 Å². The van der Waals surface area contributed by atoms with Crippen LogP contribution in [0, 0.1) is 5.92 Å². The van der Waals surface area contributed by atoms with Crippen molar-refractivity contribution in [1.82, 2.24) is 15.5 Å². The summed E-state index contributed by atoms with van der Waals surface area (Å²) in [6, 6.07) is 4.33. The van der Waals surface area contributed by atoms with Gasteiger partial charge in [-0.3, -0.25) is 19.7 Å². The molecule has 0 aromatic heterocycles. The molecule has 2 N–H and O–H groups in total. The first-order valence-electron chi connectivity index (χ1n) is 11.1. The lowest BCUT2D eigenvalue weighted by Crippen LogP contribution is -2.60. The van der Waals surface area contributed by atoms with Crippen molar-refractivity contribution in [2.45, 2.75) is 59.1 Å². The van der Waals surface area contributed by atoms with Gasteiger partial charge in [0.2, 0.25) is 5.91 Å². The standard InChI is InChI=1S/C23H32BrN3O5S/c1-5-15(4)32-20(28)13-18-22(30)25-9-10-27(18)23(33)26-21(29)17-12-16(24)6-7-19(17)31-11-8-14(2)3/h6-7,12,14-15,18H,5,8-11,13H2,1-4H3,(H,25,30)(H,26,29,33). The Hall–Kier alpha value is -2.20. The van der Waals surface area contributed by atoms with Crippen LogP contribution in [0.15, 0.2) is 22.7 Å². The van der Waals surface area contributed by atoms with E-state index in [0.717, 1.165) is 10.9 Å². The van der Waals surface area contributed by atoms with Gasteiger partial charge in [0, 0.05) is 17.6 Å². The highest BCUT2D eigenvalue weighted by Crippen LogP contribution is 2.24. The van der Waals surface area contributed by atoms with Crippen molar-refractivity contribution in [3.8, 4) is 5.75 Å². The number of amides is 2. The number of hydrogen-bond donors (Lipinski definition) is 2. The number of carbonyl (C=O) groups excluding carboxylic acids is 3. The maximum absolute atomic E-state index is 13.0. The summed E-state index contributed by atoms with van der Waals surface area (Å²) in [5, 5.41) is 5.50. The first-order valence-corrected chi connectivity index (χ1v) is 12.3. The van der Waals surface area contributed by atoms with Crippen LogP contribution >= 0.6 is 28.1 Å². The van der Waals surface area contributed by atoms with Crippen LogP contribution in [0.4, 0.5) is 0 Å². The largest absolute Gasteiger partial charge is 0.493 e. The number of rotatable bonds is 9. The fourth-order valence-electron chi connectivity index (χ4n) is 3.12. The number of piperazine rings is 1. The maximum Gasteiger partial charge on any atom is 0.308 e. The molecule has 0 aliphatic carbocycles. The van der Waals surface area contributed by atoms with E-state index in [2.05, 4.69) is 40.4 Å². The fraction of sp³-hybridized carbons (Fsp3) is 0.565. The van der Waals surface area contributed by atoms with Crippen molar-refractivity contribution < 1.29 is 23.9 Å². The SMILES string of the molecule is CCC(C)OC(=O)CC1C(=O)NCCN1C(=S)NC(=O)c1cc(Br)ccc1OCCC(C)C. The molecule has 2 amide bonds. The molecule has 0 spiro atoms. The lowest BCUT2D eigenvalue weighted by Gasteiger charge is -2.36. The Morgan fingerprint density at radius 2 is 2.06 bits per heavy atom. The van der Waals surface area contributed by atoms with Gasteiger partial charge in [0.1, 0.15) is 11.8 Å². The summed E-state index contributed by atoms with van der Waals surface area (Å²) < 4.78 is 11.9. The molecule has 2 rings (SSSR count). The van der Waals surface area contributed by atoms with E-state index in [1.54, 1.807) is 30.0 Å². The number of ether oxygens (including phenoxy) is 2. The van der Waals surface area contributed by atoms with Crippen LogP contribution in [0.25, 0.3) is 0 Å². The molecule has 1 aromatic rings. The van der Waals surface area contributed by atoms with Crippen LogP contribution in [0.3, 0.4) is 0 Å². The predicted molar refractivity (Wildman–Crippen MR) is 133 cm³/mol. The van der Waals surface area contributed by atoms with Gasteiger partial charge in [-0.1, -0.05) is 36.7 Å². The minimum absolute atomic E-state index is 0.0734. The Kier molecular flexibility index (Phi) is 10.6. The van der Waals surface area contributed by atoms with Crippen molar-refractivity contribution in [3.05, 3.63) is 28.2 Å². The molecule has 0 bridgehead atoms. The van der Waals surface area contributed by atoms with Gasteiger partial charge in [0.05, 0.1) is 24.7 Å². The Balaban J connectivity index is 2.11. The summed E-state index contributed by atoms with van der Waals surface area (Å²) in [7, 11) is 0. The third-order valence-corrected chi connectivity index (χ3v) is 6.05. The summed E-state index contributed by atoms with van der Waals surface area (Å²) in [4.78, 5) is 39.4. The molecule has 1 fully saturated rings. The van der Waals surface area contributed by atoms with E-state index in [0.29, 0.717) is 43.3 Å². The summed E-state index contributed by atoms with van der Waals surface area (Å²) >= 11 is 8.84. The number of nitrogens with zero attached hydrogens (tertiary/aromatic N) is 1. The molecule has 1 heterocycles. The monoisotopic (exact) mass is 541 g/mol. The van der Waals surface area contributed by atoms with E-state index >= 15 is 0 Å². The minimum Gasteiger partial charge on any atom is -0.493 e. The van der Waals surface area contributed by atoms with E-state index in [1.807, 2.05) is 6.92 Å². The zero-order valence-electron chi connectivity index (χ0n) is 19.5. The van der Waals surface area contributed by atoms with Crippen molar-refractivity contribution in [2.24, 2.45) is 5.92 Å². The van der Waals surface area contributed by atoms with Crippen molar-refractivity contribution in [1.29, 1.82) is 0 Å². The number of benzene rings is 1. The Morgan fingerprint density at radius 3 is 2.73 bits per heavy atom. The Labute approximate surface area is 208 Å². The normalized spacial score (nSPS) is 16.7. The molecule has 8 nitrogen and oxygen atoms in total. The second kappa shape index (κ2) is 12.9. The number of nitrogens with one attached hydrogen (secondary N) is 2. The second-order valence-corrected chi connectivity index (χ2v) is 9.65. The van der Waals surface area contributed by atoms with Crippen LogP contribution in [-0.4, -0.2) is 59.6 Å². The summed E-state index contributed by atoms with van der Waals surface area (Å²) in [5.41, 5.74) is 0.324. The molecule has 1 aromatic carbocycles. The molecule has 0 saturated carbocycles. The van der Waals surface area contributed by atoms with Gasteiger partial charge >= 0.3 is 5.97 Å². The summed E-state index contributed by atoms with van der Waals surface area (Å²) in [6.07, 6.45) is 1.13. The third-order valence-electron chi connectivity index (χ3n) is 5.22. The molecule has 1 aliphatic heterocycles. The van der Waals surface area contributed by atoms with Crippen LogP contribution in [-0.2, 0) is 14.3 Å². The average molecular weight is 542 g/mol. The van der Waals surface area contributed by atoms with Gasteiger partial charge in [0.15, 0.2) is 5.11 Å². The molecule has 0 radical (unpaired) electrons. The van der Waals surface area contributed by atoms with E-state index < -0.39 is 17.9 Å². The number of esters is 1.